The van der Waals surface area contributed by atoms with Crippen molar-refractivity contribution in [1.29, 1.82) is 0 Å². The van der Waals surface area contributed by atoms with E-state index in [9.17, 15) is 0 Å². The summed E-state index contributed by atoms with van der Waals surface area (Å²) in [7, 11) is 0. The smallest absolute Gasteiger partial charge is 0.0594 e. The largest absolute Gasteiger partial charge is 0.379 e. The number of hydrogen-bond acceptors (Lipinski definition) is 2. The number of morpholine rings is 1. The van der Waals surface area contributed by atoms with Crippen LogP contribution in [0.1, 0.15) is 24.8 Å². The second-order valence-corrected chi connectivity index (χ2v) is 5.75. The molecule has 2 aromatic rings. The fourth-order valence-electron chi connectivity index (χ4n) is 2.88. The average Bonchev–Trinajstić information content (AvgIpc) is 2.53. The van der Waals surface area contributed by atoms with Gasteiger partial charge in [0.25, 0.3) is 0 Å². The minimum Gasteiger partial charge on any atom is -0.379 e. The fraction of sp³-hybridized carbons (Fsp3) is 0.444. The summed E-state index contributed by atoms with van der Waals surface area (Å²) in [5, 5.41) is 2.68. The summed E-state index contributed by atoms with van der Waals surface area (Å²) in [6.07, 6.45) is 1.22. The molecule has 2 heteroatoms. The van der Waals surface area contributed by atoms with Crippen molar-refractivity contribution >= 4 is 10.8 Å². The lowest BCUT2D eigenvalue weighted by Gasteiger charge is -2.27. The van der Waals surface area contributed by atoms with Gasteiger partial charge in [-0.3, -0.25) is 4.90 Å². The maximum Gasteiger partial charge on any atom is 0.0594 e. The lowest BCUT2D eigenvalue weighted by Crippen LogP contribution is -2.37. The molecule has 0 amide bonds. The van der Waals surface area contributed by atoms with Crippen molar-refractivity contribution < 1.29 is 4.74 Å². The maximum absolute atomic E-state index is 5.40. The van der Waals surface area contributed by atoms with Gasteiger partial charge >= 0.3 is 0 Å². The minimum atomic E-state index is 0.613. The molecule has 3 rings (SSSR count). The van der Waals surface area contributed by atoms with E-state index in [2.05, 4.69) is 54.3 Å². The molecular formula is C18H23NO. The highest BCUT2D eigenvalue weighted by Crippen LogP contribution is 2.24. The first kappa shape index (κ1) is 13.6. The third-order valence-electron chi connectivity index (χ3n) is 4.32. The SMILES string of the molecule is CC(CCN1CCOCC1)c1ccc2ccccc2c1. The van der Waals surface area contributed by atoms with E-state index < -0.39 is 0 Å². The molecule has 1 saturated heterocycles. The zero-order chi connectivity index (χ0) is 13.8. The van der Waals surface area contributed by atoms with Crippen LogP contribution in [0.3, 0.4) is 0 Å². The Labute approximate surface area is 121 Å². The molecular weight excluding hydrogens is 246 g/mol. The Kier molecular flexibility index (Phi) is 4.34. The summed E-state index contributed by atoms with van der Waals surface area (Å²) in [5.41, 5.74) is 1.46. The molecule has 2 aromatic carbocycles. The van der Waals surface area contributed by atoms with Gasteiger partial charge in [-0.1, -0.05) is 49.4 Å². The monoisotopic (exact) mass is 269 g/mol. The standard InChI is InChI=1S/C18H23NO/c1-15(8-9-19-10-12-20-13-11-19)17-7-6-16-4-2-3-5-18(16)14-17/h2-7,14-15H,8-13H2,1H3. The molecule has 1 unspecified atom stereocenters. The summed E-state index contributed by atoms with van der Waals surface area (Å²) in [6.45, 7) is 7.48. The third-order valence-corrected chi connectivity index (χ3v) is 4.32. The highest BCUT2D eigenvalue weighted by Gasteiger charge is 2.12. The molecule has 0 aromatic heterocycles. The van der Waals surface area contributed by atoms with Crippen LogP contribution in [0, 0.1) is 0 Å². The molecule has 0 saturated carbocycles. The van der Waals surface area contributed by atoms with Crippen molar-refractivity contribution in [2.75, 3.05) is 32.8 Å². The van der Waals surface area contributed by atoms with Gasteiger partial charge in [0.2, 0.25) is 0 Å². The van der Waals surface area contributed by atoms with E-state index in [4.69, 9.17) is 4.74 Å². The number of nitrogens with zero attached hydrogens (tertiary/aromatic N) is 1. The molecule has 0 spiro atoms. The second-order valence-electron chi connectivity index (χ2n) is 5.75. The van der Waals surface area contributed by atoms with Crippen molar-refractivity contribution in [3.8, 4) is 0 Å². The Morgan fingerprint density at radius 1 is 1.05 bits per heavy atom. The molecule has 1 aliphatic rings. The summed E-state index contributed by atoms with van der Waals surface area (Å²) in [5.74, 6) is 0.613. The predicted molar refractivity (Wildman–Crippen MR) is 84.2 cm³/mol. The zero-order valence-electron chi connectivity index (χ0n) is 12.2. The summed E-state index contributed by atoms with van der Waals surface area (Å²) in [6, 6.07) is 15.5. The van der Waals surface area contributed by atoms with Gasteiger partial charge in [0.1, 0.15) is 0 Å². The van der Waals surface area contributed by atoms with Crippen LogP contribution in [0.4, 0.5) is 0 Å². The van der Waals surface area contributed by atoms with E-state index in [0.717, 1.165) is 26.3 Å². The van der Waals surface area contributed by atoms with E-state index in [1.54, 1.807) is 0 Å². The van der Waals surface area contributed by atoms with Crippen molar-refractivity contribution in [1.82, 2.24) is 4.90 Å². The molecule has 0 aliphatic carbocycles. The quantitative estimate of drug-likeness (QED) is 0.840. The third kappa shape index (κ3) is 3.20. The number of benzene rings is 2. The molecule has 0 N–H and O–H groups in total. The van der Waals surface area contributed by atoms with Crippen molar-refractivity contribution in [2.45, 2.75) is 19.3 Å². The van der Waals surface area contributed by atoms with Crippen LogP contribution in [-0.4, -0.2) is 37.7 Å². The van der Waals surface area contributed by atoms with E-state index in [-0.39, 0.29) is 0 Å². The number of rotatable bonds is 4. The lowest BCUT2D eigenvalue weighted by atomic mass is 9.95. The van der Waals surface area contributed by atoms with Crippen LogP contribution in [0.25, 0.3) is 10.8 Å². The first-order chi connectivity index (χ1) is 9.83. The molecule has 1 atom stereocenters. The zero-order valence-corrected chi connectivity index (χ0v) is 12.2. The molecule has 0 bridgehead atoms. The lowest BCUT2D eigenvalue weighted by molar-refractivity contribution is 0.0367. The Balaban J connectivity index is 1.64. The summed E-state index contributed by atoms with van der Waals surface area (Å²) in [4.78, 5) is 2.51. The predicted octanol–water partition coefficient (Wildman–Crippen LogP) is 3.67. The van der Waals surface area contributed by atoms with Gasteiger partial charge in [0.15, 0.2) is 0 Å². The van der Waals surface area contributed by atoms with Crippen molar-refractivity contribution in [2.24, 2.45) is 0 Å². The number of fused-ring (bicyclic) bond motifs is 1. The first-order valence-electron chi connectivity index (χ1n) is 7.62. The van der Waals surface area contributed by atoms with Gasteiger partial charge in [-0.2, -0.15) is 0 Å². The van der Waals surface area contributed by atoms with E-state index in [1.807, 2.05) is 0 Å². The van der Waals surface area contributed by atoms with Crippen LogP contribution in [0.5, 0.6) is 0 Å². The maximum atomic E-state index is 5.40. The van der Waals surface area contributed by atoms with Crippen LogP contribution in [0.15, 0.2) is 42.5 Å². The molecule has 1 fully saturated rings. The van der Waals surface area contributed by atoms with Gasteiger partial charge < -0.3 is 4.74 Å². The molecule has 106 valence electrons. The fourth-order valence-corrected chi connectivity index (χ4v) is 2.88. The Hall–Kier alpha value is -1.38. The van der Waals surface area contributed by atoms with Crippen LogP contribution in [-0.2, 0) is 4.74 Å². The summed E-state index contributed by atoms with van der Waals surface area (Å²) < 4.78 is 5.40. The number of ether oxygens (including phenoxy) is 1. The Bertz CT molecular complexity index is 560. The van der Waals surface area contributed by atoms with Crippen molar-refractivity contribution in [3.05, 3.63) is 48.0 Å². The average molecular weight is 269 g/mol. The van der Waals surface area contributed by atoms with Gasteiger partial charge in [-0.25, -0.2) is 0 Å². The van der Waals surface area contributed by atoms with Gasteiger partial charge in [-0.05, 0) is 35.2 Å². The normalized spacial score (nSPS) is 18.2. The van der Waals surface area contributed by atoms with E-state index in [1.165, 1.54) is 29.3 Å². The van der Waals surface area contributed by atoms with Crippen LogP contribution >= 0.6 is 0 Å². The Morgan fingerprint density at radius 2 is 1.80 bits per heavy atom. The first-order valence-corrected chi connectivity index (χ1v) is 7.62. The van der Waals surface area contributed by atoms with Crippen molar-refractivity contribution in [3.63, 3.8) is 0 Å². The van der Waals surface area contributed by atoms with Crippen LogP contribution < -0.4 is 0 Å². The van der Waals surface area contributed by atoms with E-state index >= 15 is 0 Å². The topological polar surface area (TPSA) is 12.5 Å². The molecule has 20 heavy (non-hydrogen) atoms. The van der Waals surface area contributed by atoms with Gasteiger partial charge in [0, 0.05) is 13.1 Å². The second kappa shape index (κ2) is 6.38. The van der Waals surface area contributed by atoms with Gasteiger partial charge in [-0.15, -0.1) is 0 Å². The van der Waals surface area contributed by atoms with Gasteiger partial charge in [0.05, 0.1) is 13.2 Å². The molecule has 2 nitrogen and oxygen atoms in total. The van der Waals surface area contributed by atoms with E-state index in [0.29, 0.717) is 5.92 Å². The number of hydrogen-bond donors (Lipinski definition) is 0. The molecule has 1 aliphatic heterocycles. The molecule has 1 heterocycles. The van der Waals surface area contributed by atoms with Crippen LogP contribution in [0.2, 0.25) is 0 Å². The molecule has 0 radical (unpaired) electrons. The Morgan fingerprint density at radius 3 is 2.60 bits per heavy atom. The summed E-state index contributed by atoms with van der Waals surface area (Å²) >= 11 is 0. The highest BCUT2D eigenvalue weighted by molar-refractivity contribution is 5.83. The highest BCUT2D eigenvalue weighted by atomic mass is 16.5. The minimum absolute atomic E-state index is 0.613.